The summed E-state index contributed by atoms with van der Waals surface area (Å²) in [6.07, 6.45) is 0. The number of rotatable bonds is 6. The van der Waals surface area contributed by atoms with Gasteiger partial charge >= 0.3 is 0 Å². The van der Waals surface area contributed by atoms with Crippen LogP contribution >= 0.6 is 0 Å². The maximum atomic E-state index is 5.27. The van der Waals surface area contributed by atoms with E-state index in [4.69, 9.17) is 15.0 Å². The van der Waals surface area contributed by atoms with Crippen molar-refractivity contribution >= 4 is 43.5 Å². The molecule has 0 bridgehead atoms. The van der Waals surface area contributed by atoms with Crippen molar-refractivity contribution in [2.75, 3.05) is 0 Å². The quantitative estimate of drug-likeness (QED) is 0.160. The number of hydrogen-bond donors (Lipinski definition) is 0. The second-order valence-corrected chi connectivity index (χ2v) is 14.4. The Morgan fingerprint density at radius 1 is 0.333 bits per heavy atom. The molecule has 0 amide bonds. The van der Waals surface area contributed by atoms with E-state index in [0.29, 0.717) is 5.82 Å². The molecule has 0 atom stereocenters. The Kier molecular flexibility index (Phi) is 7.78. The van der Waals surface area contributed by atoms with Crippen molar-refractivity contribution < 1.29 is 0 Å². The maximum Gasteiger partial charge on any atom is 0.160 e. The third kappa shape index (κ3) is 5.66. The number of para-hydroxylation sites is 2. The lowest BCUT2D eigenvalue weighted by molar-refractivity contribution is 1.18. The molecule has 3 aromatic heterocycles. The van der Waals surface area contributed by atoms with Crippen molar-refractivity contribution in [3.63, 3.8) is 0 Å². The molecule has 0 aliphatic carbocycles. The first-order valence-corrected chi connectivity index (χ1v) is 19.3. The van der Waals surface area contributed by atoms with Crippen LogP contribution in [0, 0.1) is 0 Å². The predicted molar refractivity (Wildman–Crippen MR) is 236 cm³/mol. The Bertz CT molecular complexity index is 3210. The van der Waals surface area contributed by atoms with Crippen molar-refractivity contribution in [2.45, 2.75) is 0 Å². The maximum absolute atomic E-state index is 5.27. The van der Waals surface area contributed by atoms with Gasteiger partial charge in [0.25, 0.3) is 0 Å². The van der Waals surface area contributed by atoms with Gasteiger partial charge in [-0.05, 0) is 65.0 Å². The highest BCUT2D eigenvalue weighted by atomic mass is 15.0. The minimum atomic E-state index is 0.703. The smallest absolute Gasteiger partial charge is 0.160 e. The minimum Gasteiger partial charge on any atom is -0.309 e. The van der Waals surface area contributed by atoms with Crippen LogP contribution in [0.25, 0.3) is 105 Å². The SMILES string of the molecule is c1ccc(-c2cc(-c3cccc(-c4cccc5c4c4cc6c(cc4n5-c4ccccc4)c(-c4ccccc4)nc4ccccc46)c3)nc(-c3ccccc3)n2)cc1. The molecule has 0 aliphatic rings. The first-order chi connectivity index (χ1) is 28.3. The largest absolute Gasteiger partial charge is 0.309 e. The molecule has 0 saturated carbocycles. The first kappa shape index (κ1) is 32.7. The molecule has 4 heteroatoms. The molecule has 0 spiro atoms. The van der Waals surface area contributed by atoms with E-state index in [1.807, 2.05) is 24.3 Å². The van der Waals surface area contributed by atoms with E-state index in [1.165, 1.54) is 16.2 Å². The van der Waals surface area contributed by atoms with Gasteiger partial charge in [-0.1, -0.05) is 158 Å². The van der Waals surface area contributed by atoms with Gasteiger partial charge in [0.2, 0.25) is 0 Å². The molecule has 0 N–H and O–H groups in total. The predicted octanol–water partition coefficient (Wildman–Crippen LogP) is 13.6. The Morgan fingerprint density at radius 2 is 0.930 bits per heavy atom. The minimum absolute atomic E-state index is 0.703. The van der Waals surface area contributed by atoms with Crippen LogP contribution in [0.15, 0.2) is 206 Å². The van der Waals surface area contributed by atoms with Gasteiger partial charge in [0.05, 0.1) is 33.6 Å². The lowest BCUT2D eigenvalue weighted by Gasteiger charge is -2.12. The average molecular weight is 727 g/mol. The number of aromatic nitrogens is 4. The van der Waals surface area contributed by atoms with Crippen LogP contribution in [0.3, 0.4) is 0 Å². The van der Waals surface area contributed by atoms with Crippen molar-refractivity contribution in [3.05, 3.63) is 206 Å². The summed E-state index contributed by atoms with van der Waals surface area (Å²) in [7, 11) is 0. The van der Waals surface area contributed by atoms with Crippen molar-refractivity contribution in [1.82, 2.24) is 19.5 Å². The fraction of sp³-hybridized carbons (Fsp3) is 0. The highest BCUT2D eigenvalue weighted by molar-refractivity contribution is 6.23. The van der Waals surface area contributed by atoms with Gasteiger partial charge in [-0.25, -0.2) is 15.0 Å². The summed E-state index contributed by atoms with van der Waals surface area (Å²) in [5, 5.41) is 5.85. The number of pyridine rings is 1. The molecule has 3 heterocycles. The normalized spacial score (nSPS) is 11.5. The summed E-state index contributed by atoms with van der Waals surface area (Å²) in [6.45, 7) is 0. The number of fused-ring (bicyclic) bond motifs is 6. The van der Waals surface area contributed by atoms with Crippen LogP contribution in [-0.4, -0.2) is 19.5 Å². The van der Waals surface area contributed by atoms with Crippen LogP contribution in [0.2, 0.25) is 0 Å². The van der Waals surface area contributed by atoms with Crippen molar-refractivity contribution in [3.8, 4) is 62.0 Å². The zero-order chi connectivity index (χ0) is 37.7. The standard InChI is InChI=1S/C53H34N4/c1-5-17-35(18-6-1)47-34-48(56-53(55-47)37-21-9-3-10-22-37)39-24-15-23-38(31-39)41-28-16-30-49-51(41)45-32-43-42-27-13-14-29-46(42)54-52(36-19-7-2-8-20-36)44(43)33-50(45)57(49)40-25-11-4-12-26-40/h1-34H. The topological polar surface area (TPSA) is 43.6 Å². The Hall–Kier alpha value is -7.69. The molecule has 0 aliphatic heterocycles. The zero-order valence-electron chi connectivity index (χ0n) is 30.9. The fourth-order valence-electron chi connectivity index (χ4n) is 8.34. The molecule has 0 unspecified atom stereocenters. The van der Waals surface area contributed by atoms with Crippen LogP contribution in [0.4, 0.5) is 0 Å². The molecule has 57 heavy (non-hydrogen) atoms. The molecule has 266 valence electrons. The molecule has 11 aromatic rings. The lowest BCUT2D eigenvalue weighted by atomic mass is 9.94. The molecule has 0 fully saturated rings. The van der Waals surface area contributed by atoms with Crippen LogP contribution in [0.5, 0.6) is 0 Å². The molecule has 11 rings (SSSR count). The van der Waals surface area contributed by atoms with Crippen molar-refractivity contribution in [1.29, 1.82) is 0 Å². The number of nitrogens with zero attached hydrogens (tertiary/aromatic N) is 4. The van der Waals surface area contributed by atoms with Gasteiger partial charge in [-0.3, -0.25) is 0 Å². The van der Waals surface area contributed by atoms with Gasteiger partial charge in [0, 0.05) is 49.5 Å². The van der Waals surface area contributed by atoms with Crippen LogP contribution < -0.4 is 0 Å². The Labute approximate surface area is 330 Å². The summed E-state index contributed by atoms with van der Waals surface area (Å²) in [6, 6.07) is 72.6. The average Bonchev–Trinajstić information content (AvgIpc) is 3.62. The second kappa shape index (κ2) is 13.6. The van der Waals surface area contributed by atoms with E-state index in [1.54, 1.807) is 0 Å². The third-order valence-electron chi connectivity index (χ3n) is 11.0. The van der Waals surface area contributed by atoms with Crippen LogP contribution in [-0.2, 0) is 0 Å². The van der Waals surface area contributed by atoms with Gasteiger partial charge < -0.3 is 4.57 Å². The zero-order valence-corrected chi connectivity index (χ0v) is 30.9. The van der Waals surface area contributed by atoms with Gasteiger partial charge in [-0.2, -0.15) is 0 Å². The molecule has 0 radical (unpaired) electrons. The molecular weight excluding hydrogens is 693 g/mol. The monoisotopic (exact) mass is 726 g/mol. The summed E-state index contributed by atoms with van der Waals surface area (Å²) in [5.74, 6) is 0.703. The fourth-order valence-corrected chi connectivity index (χ4v) is 8.34. The van der Waals surface area contributed by atoms with E-state index in [-0.39, 0.29) is 0 Å². The van der Waals surface area contributed by atoms with E-state index in [9.17, 15) is 0 Å². The van der Waals surface area contributed by atoms with E-state index in [2.05, 4.69) is 187 Å². The summed E-state index contributed by atoms with van der Waals surface area (Å²) in [4.78, 5) is 15.5. The first-order valence-electron chi connectivity index (χ1n) is 19.3. The van der Waals surface area contributed by atoms with E-state index in [0.717, 1.165) is 83.5 Å². The molecule has 8 aromatic carbocycles. The Morgan fingerprint density at radius 3 is 1.68 bits per heavy atom. The van der Waals surface area contributed by atoms with Crippen molar-refractivity contribution in [2.24, 2.45) is 0 Å². The van der Waals surface area contributed by atoms with Gasteiger partial charge in [-0.15, -0.1) is 0 Å². The summed E-state index contributed by atoms with van der Waals surface area (Å²) >= 11 is 0. The van der Waals surface area contributed by atoms with Gasteiger partial charge in [0.1, 0.15) is 0 Å². The Balaban J connectivity index is 1.18. The summed E-state index contributed by atoms with van der Waals surface area (Å²) in [5.41, 5.74) is 13.6. The second-order valence-electron chi connectivity index (χ2n) is 14.4. The highest BCUT2D eigenvalue weighted by Gasteiger charge is 2.20. The van der Waals surface area contributed by atoms with Crippen LogP contribution in [0.1, 0.15) is 0 Å². The van der Waals surface area contributed by atoms with Gasteiger partial charge in [0.15, 0.2) is 5.82 Å². The number of benzene rings is 8. The van der Waals surface area contributed by atoms with E-state index >= 15 is 0 Å². The van der Waals surface area contributed by atoms with E-state index < -0.39 is 0 Å². The molecule has 0 saturated heterocycles. The molecule has 4 nitrogen and oxygen atoms in total. The lowest BCUT2D eigenvalue weighted by Crippen LogP contribution is -1.96. The third-order valence-corrected chi connectivity index (χ3v) is 11.0. The molecular formula is C53H34N4. The number of hydrogen-bond acceptors (Lipinski definition) is 3. The highest BCUT2D eigenvalue weighted by Crippen LogP contribution is 2.43. The summed E-state index contributed by atoms with van der Waals surface area (Å²) < 4.78 is 2.41.